The van der Waals surface area contributed by atoms with Gasteiger partial charge in [-0.3, -0.25) is 0 Å². The monoisotopic (exact) mass is 298 g/mol. The van der Waals surface area contributed by atoms with Gasteiger partial charge in [0.25, 0.3) is 0 Å². The lowest BCUT2D eigenvalue weighted by atomic mass is 9.79. The van der Waals surface area contributed by atoms with Crippen LogP contribution in [0.4, 0.5) is 0 Å². The average Bonchev–Trinajstić information content (AvgIpc) is 2.87. The molecule has 0 spiro atoms. The van der Waals surface area contributed by atoms with Gasteiger partial charge in [0.05, 0.1) is 28.6 Å². The molecule has 1 aromatic carbocycles. The van der Waals surface area contributed by atoms with E-state index in [-0.39, 0.29) is 18.3 Å². The van der Waals surface area contributed by atoms with Gasteiger partial charge in [0.1, 0.15) is 0 Å². The minimum Gasteiger partial charge on any atom is -0.399 e. The van der Waals surface area contributed by atoms with E-state index < -0.39 is 0 Å². The maximum Gasteiger partial charge on any atom is 0.494 e. The van der Waals surface area contributed by atoms with E-state index in [4.69, 9.17) is 9.31 Å². The molecule has 116 valence electrons. The van der Waals surface area contributed by atoms with E-state index in [1.807, 2.05) is 6.33 Å². The summed E-state index contributed by atoms with van der Waals surface area (Å²) in [5.74, 6) is 0. The second kappa shape index (κ2) is 4.59. The highest BCUT2D eigenvalue weighted by Crippen LogP contribution is 2.37. The highest BCUT2D eigenvalue weighted by atomic mass is 16.7. The van der Waals surface area contributed by atoms with Crippen molar-refractivity contribution in [1.82, 2.24) is 9.55 Å². The van der Waals surface area contributed by atoms with Crippen molar-refractivity contribution in [3.8, 4) is 0 Å². The summed E-state index contributed by atoms with van der Waals surface area (Å²) < 4.78 is 14.6. The smallest absolute Gasteiger partial charge is 0.399 e. The maximum absolute atomic E-state index is 6.16. The number of imidazole rings is 1. The van der Waals surface area contributed by atoms with Crippen molar-refractivity contribution >= 4 is 23.6 Å². The first-order valence-electron chi connectivity index (χ1n) is 8.19. The van der Waals surface area contributed by atoms with E-state index in [1.54, 1.807) is 0 Å². The summed E-state index contributed by atoms with van der Waals surface area (Å²) in [4.78, 5) is 4.53. The highest BCUT2D eigenvalue weighted by molar-refractivity contribution is 6.62. The zero-order chi connectivity index (χ0) is 15.5. The van der Waals surface area contributed by atoms with Gasteiger partial charge in [0.2, 0.25) is 0 Å². The fourth-order valence-electron chi connectivity index (χ4n) is 3.12. The Morgan fingerprint density at radius 3 is 2.41 bits per heavy atom. The number of hydrogen-bond acceptors (Lipinski definition) is 3. The van der Waals surface area contributed by atoms with Crippen LogP contribution in [0.2, 0.25) is 0 Å². The molecule has 4 nitrogen and oxygen atoms in total. The molecule has 1 saturated carbocycles. The van der Waals surface area contributed by atoms with Gasteiger partial charge in [-0.2, -0.15) is 0 Å². The Morgan fingerprint density at radius 2 is 1.82 bits per heavy atom. The fourth-order valence-corrected chi connectivity index (χ4v) is 3.12. The molecule has 2 aliphatic rings. The van der Waals surface area contributed by atoms with Crippen LogP contribution in [-0.2, 0) is 9.31 Å². The molecule has 22 heavy (non-hydrogen) atoms. The van der Waals surface area contributed by atoms with Crippen molar-refractivity contribution in [3.05, 3.63) is 24.5 Å². The van der Waals surface area contributed by atoms with Crippen molar-refractivity contribution in [3.63, 3.8) is 0 Å². The predicted molar refractivity (Wildman–Crippen MR) is 88.3 cm³/mol. The van der Waals surface area contributed by atoms with E-state index >= 15 is 0 Å². The molecule has 5 heteroatoms. The molecular formula is C17H23BN2O2. The van der Waals surface area contributed by atoms with Crippen molar-refractivity contribution in [2.75, 3.05) is 0 Å². The molecule has 2 aromatic rings. The van der Waals surface area contributed by atoms with E-state index in [2.05, 4.69) is 55.4 Å². The van der Waals surface area contributed by atoms with Crippen LogP contribution in [0, 0.1) is 0 Å². The summed E-state index contributed by atoms with van der Waals surface area (Å²) >= 11 is 0. The van der Waals surface area contributed by atoms with Crippen molar-refractivity contribution in [1.29, 1.82) is 0 Å². The Labute approximate surface area is 132 Å². The van der Waals surface area contributed by atoms with Crippen LogP contribution in [0.5, 0.6) is 0 Å². The molecule has 1 aliphatic carbocycles. The molecule has 2 fully saturated rings. The average molecular weight is 298 g/mol. The summed E-state index contributed by atoms with van der Waals surface area (Å²) in [5, 5.41) is 0. The van der Waals surface area contributed by atoms with Gasteiger partial charge in [-0.15, -0.1) is 0 Å². The van der Waals surface area contributed by atoms with Crippen molar-refractivity contribution in [2.24, 2.45) is 0 Å². The number of rotatable bonds is 2. The predicted octanol–water partition coefficient (Wildman–Crippen LogP) is 3.06. The lowest BCUT2D eigenvalue weighted by Gasteiger charge is -2.32. The van der Waals surface area contributed by atoms with Gasteiger partial charge in [0.15, 0.2) is 0 Å². The molecule has 0 bridgehead atoms. The quantitative estimate of drug-likeness (QED) is 0.800. The lowest BCUT2D eigenvalue weighted by Crippen LogP contribution is -2.41. The third-order valence-corrected chi connectivity index (χ3v) is 5.59. The van der Waals surface area contributed by atoms with Gasteiger partial charge in [-0.05, 0) is 64.6 Å². The number of aromatic nitrogens is 2. The summed E-state index contributed by atoms with van der Waals surface area (Å²) in [6.45, 7) is 8.35. The Hall–Kier alpha value is -1.33. The largest absolute Gasteiger partial charge is 0.494 e. The second-order valence-electron chi connectivity index (χ2n) is 7.57. The first-order valence-corrected chi connectivity index (χ1v) is 8.19. The van der Waals surface area contributed by atoms with Crippen LogP contribution in [0.3, 0.4) is 0 Å². The lowest BCUT2D eigenvalue weighted by molar-refractivity contribution is 0.00578. The summed E-state index contributed by atoms with van der Waals surface area (Å²) in [5.41, 5.74) is 2.71. The molecule has 0 N–H and O–H groups in total. The molecule has 0 radical (unpaired) electrons. The molecule has 0 amide bonds. The Bertz CT molecular complexity index is 703. The molecule has 2 heterocycles. The minimum atomic E-state index is -0.306. The Kier molecular flexibility index (Phi) is 2.98. The number of benzene rings is 1. The topological polar surface area (TPSA) is 36.3 Å². The molecule has 1 aromatic heterocycles. The third-order valence-electron chi connectivity index (χ3n) is 5.59. The van der Waals surface area contributed by atoms with E-state index in [9.17, 15) is 0 Å². The van der Waals surface area contributed by atoms with Crippen molar-refractivity contribution in [2.45, 2.75) is 64.2 Å². The van der Waals surface area contributed by atoms with Gasteiger partial charge in [-0.25, -0.2) is 4.98 Å². The van der Waals surface area contributed by atoms with E-state index in [0.717, 1.165) is 11.0 Å². The Balaban J connectivity index is 1.71. The van der Waals surface area contributed by atoms with Crippen LogP contribution in [0.25, 0.3) is 11.0 Å². The van der Waals surface area contributed by atoms with Gasteiger partial charge in [-0.1, -0.05) is 6.07 Å². The minimum absolute atomic E-state index is 0.305. The van der Waals surface area contributed by atoms with Gasteiger partial charge < -0.3 is 13.9 Å². The SMILES string of the molecule is CC1(C)OB(c2ccc3ncn(C4CCC4)c3c2)OC1(C)C. The molecule has 0 unspecified atom stereocenters. The van der Waals surface area contributed by atoms with Gasteiger partial charge in [0, 0.05) is 6.04 Å². The first-order chi connectivity index (χ1) is 10.4. The molecular weight excluding hydrogens is 275 g/mol. The molecule has 1 saturated heterocycles. The van der Waals surface area contributed by atoms with E-state index in [1.165, 1.54) is 24.8 Å². The Morgan fingerprint density at radius 1 is 1.14 bits per heavy atom. The number of nitrogens with zero attached hydrogens (tertiary/aromatic N) is 2. The number of hydrogen-bond donors (Lipinski definition) is 0. The zero-order valence-electron chi connectivity index (χ0n) is 13.8. The maximum atomic E-state index is 6.16. The summed E-state index contributed by atoms with van der Waals surface area (Å²) in [6.07, 6.45) is 5.81. The van der Waals surface area contributed by atoms with Crippen LogP contribution < -0.4 is 5.46 Å². The van der Waals surface area contributed by atoms with Crippen LogP contribution >= 0.6 is 0 Å². The zero-order valence-corrected chi connectivity index (χ0v) is 13.8. The van der Waals surface area contributed by atoms with Gasteiger partial charge >= 0.3 is 7.12 Å². The fraction of sp³-hybridized carbons (Fsp3) is 0.588. The highest BCUT2D eigenvalue weighted by Gasteiger charge is 2.51. The van der Waals surface area contributed by atoms with Crippen molar-refractivity contribution < 1.29 is 9.31 Å². The first kappa shape index (κ1) is 14.3. The van der Waals surface area contributed by atoms with Crippen LogP contribution in [0.15, 0.2) is 24.5 Å². The standard InChI is InChI=1S/C17H23BN2O2/c1-16(2)17(3,4)22-18(21-16)12-8-9-14-15(10-12)20(11-19-14)13-6-5-7-13/h8-11,13H,5-7H2,1-4H3. The number of fused-ring (bicyclic) bond motifs is 1. The van der Waals surface area contributed by atoms with E-state index in [0.29, 0.717) is 6.04 Å². The summed E-state index contributed by atoms with van der Waals surface area (Å²) in [7, 11) is -0.306. The third kappa shape index (κ3) is 2.03. The molecule has 1 aliphatic heterocycles. The molecule has 0 atom stereocenters. The summed E-state index contributed by atoms with van der Waals surface area (Å²) in [6, 6.07) is 6.94. The normalized spacial score (nSPS) is 23.9. The van der Waals surface area contributed by atoms with Crippen LogP contribution in [0.1, 0.15) is 53.0 Å². The van der Waals surface area contributed by atoms with Crippen LogP contribution in [-0.4, -0.2) is 27.9 Å². The second-order valence-corrected chi connectivity index (χ2v) is 7.57. The molecule has 4 rings (SSSR count).